The van der Waals surface area contributed by atoms with Gasteiger partial charge in [-0.1, -0.05) is 24.3 Å². The van der Waals surface area contributed by atoms with Crippen molar-refractivity contribution >= 4 is 17.7 Å². The SMILES string of the molecule is O=C1CC2CC3(CC2C1)OC(N1CCC2(CC1)OCc1ccccc12)=NC3=O. The van der Waals surface area contributed by atoms with Crippen molar-refractivity contribution in [1.82, 2.24) is 4.90 Å². The summed E-state index contributed by atoms with van der Waals surface area (Å²) in [7, 11) is 0. The van der Waals surface area contributed by atoms with E-state index in [0.717, 1.165) is 25.9 Å². The second-order valence-electron chi connectivity index (χ2n) is 9.10. The summed E-state index contributed by atoms with van der Waals surface area (Å²) in [6, 6.07) is 8.95. The number of hydrogen-bond acceptors (Lipinski definition) is 5. The highest BCUT2D eigenvalue weighted by atomic mass is 16.5. The van der Waals surface area contributed by atoms with Crippen LogP contribution in [0.4, 0.5) is 0 Å². The van der Waals surface area contributed by atoms with E-state index in [1.54, 1.807) is 0 Å². The lowest BCUT2D eigenvalue weighted by molar-refractivity contribution is -0.132. The molecule has 2 spiro atoms. The lowest BCUT2D eigenvalue weighted by Gasteiger charge is -2.39. The molecule has 146 valence electrons. The quantitative estimate of drug-likeness (QED) is 0.692. The Morgan fingerprint density at radius 1 is 1.00 bits per heavy atom. The molecule has 6 rings (SSSR count). The Hall–Kier alpha value is -2.21. The molecule has 6 heteroatoms. The molecular weight excluding hydrogens is 356 g/mol. The molecule has 1 amide bonds. The highest BCUT2D eigenvalue weighted by molar-refractivity contribution is 6.02. The highest BCUT2D eigenvalue weighted by Crippen LogP contribution is 2.51. The average molecular weight is 380 g/mol. The molecule has 6 nitrogen and oxygen atoms in total. The maximum atomic E-state index is 12.7. The van der Waals surface area contributed by atoms with Crippen LogP contribution in [0.2, 0.25) is 0 Å². The Kier molecular flexibility index (Phi) is 3.38. The first-order valence-electron chi connectivity index (χ1n) is 10.4. The van der Waals surface area contributed by atoms with Crippen molar-refractivity contribution in [2.45, 2.75) is 56.3 Å². The molecule has 28 heavy (non-hydrogen) atoms. The van der Waals surface area contributed by atoms with Crippen LogP contribution in [0.25, 0.3) is 0 Å². The van der Waals surface area contributed by atoms with Gasteiger partial charge in [-0.3, -0.25) is 9.59 Å². The van der Waals surface area contributed by atoms with Gasteiger partial charge in [-0.2, -0.15) is 4.99 Å². The summed E-state index contributed by atoms with van der Waals surface area (Å²) in [5, 5.41) is 0. The van der Waals surface area contributed by atoms with E-state index in [4.69, 9.17) is 9.47 Å². The van der Waals surface area contributed by atoms with Gasteiger partial charge in [0.25, 0.3) is 11.9 Å². The van der Waals surface area contributed by atoms with Crippen LogP contribution in [0.15, 0.2) is 29.3 Å². The van der Waals surface area contributed by atoms with Crippen molar-refractivity contribution in [2.24, 2.45) is 16.8 Å². The zero-order chi connectivity index (χ0) is 18.9. The van der Waals surface area contributed by atoms with Gasteiger partial charge in [0.2, 0.25) is 0 Å². The number of Topliss-reactive ketones (excluding diaryl/α,β-unsaturated/α-hetero) is 1. The normalized spacial score (nSPS) is 35.4. The van der Waals surface area contributed by atoms with Gasteiger partial charge >= 0.3 is 0 Å². The van der Waals surface area contributed by atoms with Crippen LogP contribution >= 0.6 is 0 Å². The number of fused-ring (bicyclic) bond motifs is 3. The van der Waals surface area contributed by atoms with Crippen LogP contribution < -0.4 is 0 Å². The molecule has 0 N–H and O–H groups in total. The first-order chi connectivity index (χ1) is 13.6. The molecule has 3 fully saturated rings. The highest BCUT2D eigenvalue weighted by Gasteiger charge is 2.58. The smallest absolute Gasteiger partial charge is 0.296 e. The Bertz CT molecular complexity index is 884. The number of benzene rings is 1. The fourth-order valence-corrected chi connectivity index (χ4v) is 6.09. The molecular formula is C22H24N2O4. The minimum Gasteiger partial charge on any atom is -0.448 e. The van der Waals surface area contributed by atoms with E-state index in [0.29, 0.717) is 55.9 Å². The molecule has 0 radical (unpaired) electrons. The lowest BCUT2D eigenvalue weighted by Crippen LogP contribution is -2.46. The molecule has 3 heterocycles. The second kappa shape index (κ2) is 5.66. The van der Waals surface area contributed by atoms with Crippen LogP contribution in [0.5, 0.6) is 0 Å². The van der Waals surface area contributed by atoms with Gasteiger partial charge in [-0.15, -0.1) is 0 Å². The Morgan fingerprint density at radius 3 is 2.46 bits per heavy atom. The second-order valence-corrected chi connectivity index (χ2v) is 9.10. The molecule has 2 aliphatic carbocycles. The third-order valence-electron chi connectivity index (χ3n) is 7.56. The number of ketones is 1. The van der Waals surface area contributed by atoms with Crippen molar-refractivity contribution < 1.29 is 19.1 Å². The molecule has 2 unspecified atom stereocenters. The largest absolute Gasteiger partial charge is 0.448 e. The Morgan fingerprint density at radius 2 is 1.71 bits per heavy atom. The number of ether oxygens (including phenoxy) is 2. The van der Waals surface area contributed by atoms with E-state index in [9.17, 15) is 9.59 Å². The average Bonchev–Trinajstić information content (AvgIpc) is 3.40. The first kappa shape index (κ1) is 16.7. The Labute approximate surface area is 163 Å². The summed E-state index contributed by atoms with van der Waals surface area (Å²) in [5.74, 6) is 0.764. The third kappa shape index (κ3) is 2.27. The molecule has 1 aromatic rings. The molecule has 5 aliphatic rings. The molecule has 2 saturated carbocycles. The number of carbonyl (C=O) groups excluding carboxylic acids is 2. The Balaban J connectivity index is 1.16. The van der Waals surface area contributed by atoms with Gasteiger partial charge in [0.1, 0.15) is 5.78 Å². The van der Waals surface area contributed by atoms with Crippen LogP contribution in [-0.4, -0.2) is 41.3 Å². The van der Waals surface area contributed by atoms with E-state index < -0.39 is 5.60 Å². The van der Waals surface area contributed by atoms with E-state index >= 15 is 0 Å². The van der Waals surface area contributed by atoms with Crippen LogP contribution in [-0.2, 0) is 31.3 Å². The molecule has 3 aliphatic heterocycles. The van der Waals surface area contributed by atoms with Crippen molar-refractivity contribution in [3.63, 3.8) is 0 Å². The number of piperidine rings is 1. The topological polar surface area (TPSA) is 68.2 Å². The van der Waals surface area contributed by atoms with E-state index in [1.165, 1.54) is 11.1 Å². The lowest BCUT2D eigenvalue weighted by atomic mass is 9.84. The van der Waals surface area contributed by atoms with E-state index in [-0.39, 0.29) is 11.5 Å². The number of nitrogens with zero attached hydrogens (tertiary/aromatic N) is 2. The molecule has 0 bridgehead atoms. The van der Waals surface area contributed by atoms with Crippen LogP contribution in [0.1, 0.15) is 49.7 Å². The minimum absolute atomic E-state index is 0.146. The molecule has 2 atom stereocenters. The van der Waals surface area contributed by atoms with Gasteiger partial charge in [0.15, 0.2) is 5.60 Å². The van der Waals surface area contributed by atoms with E-state index in [2.05, 4.69) is 34.2 Å². The molecule has 1 aromatic carbocycles. The minimum atomic E-state index is -0.809. The predicted molar refractivity (Wildman–Crippen MR) is 100 cm³/mol. The number of rotatable bonds is 0. The third-order valence-corrected chi connectivity index (χ3v) is 7.56. The van der Waals surface area contributed by atoms with E-state index in [1.807, 2.05) is 0 Å². The monoisotopic (exact) mass is 380 g/mol. The van der Waals surface area contributed by atoms with Gasteiger partial charge in [-0.05, 0) is 35.8 Å². The van der Waals surface area contributed by atoms with Crippen molar-refractivity contribution in [3.05, 3.63) is 35.4 Å². The van der Waals surface area contributed by atoms with Crippen molar-refractivity contribution in [2.75, 3.05) is 13.1 Å². The van der Waals surface area contributed by atoms with Gasteiger partial charge in [-0.25, -0.2) is 0 Å². The molecule has 0 aromatic heterocycles. The van der Waals surface area contributed by atoms with Crippen molar-refractivity contribution in [3.8, 4) is 0 Å². The zero-order valence-corrected chi connectivity index (χ0v) is 15.9. The number of hydrogen-bond donors (Lipinski definition) is 0. The maximum Gasteiger partial charge on any atom is 0.296 e. The number of amides is 1. The summed E-state index contributed by atoms with van der Waals surface area (Å²) in [6.45, 7) is 2.21. The first-order valence-corrected chi connectivity index (χ1v) is 10.4. The summed E-state index contributed by atoms with van der Waals surface area (Å²) in [6.07, 6.45) is 4.22. The van der Waals surface area contributed by atoms with Crippen LogP contribution in [0, 0.1) is 11.8 Å². The van der Waals surface area contributed by atoms with Crippen LogP contribution in [0.3, 0.4) is 0 Å². The zero-order valence-electron chi connectivity index (χ0n) is 15.9. The summed E-state index contributed by atoms with van der Waals surface area (Å²) in [4.78, 5) is 30.8. The van der Waals surface area contributed by atoms with Gasteiger partial charge < -0.3 is 14.4 Å². The fourth-order valence-electron chi connectivity index (χ4n) is 6.09. The standard InChI is InChI=1S/C22H24N2O4/c25-17-9-15-11-22(12-16(15)10-17)19(26)23-20(28-22)24-7-5-21(6-8-24)18-4-2-1-3-14(18)13-27-21/h1-4,15-16H,5-13H2. The van der Waals surface area contributed by atoms with Gasteiger partial charge in [0.05, 0.1) is 12.2 Å². The van der Waals surface area contributed by atoms with Crippen molar-refractivity contribution in [1.29, 1.82) is 0 Å². The summed E-state index contributed by atoms with van der Waals surface area (Å²) >= 11 is 0. The fraction of sp³-hybridized carbons (Fsp3) is 0.591. The number of amidine groups is 1. The summed E-state index contributed by atoms with van der Waals surface area (Å²) < 4.78 is 12.5. The van der Waals surface area contributed by atoms with Gasteiger partial charge in [0, 0.05) is 38.8 Å². The number of aliphatic imine (C=N–C) groups is 1. The molecule has 1 saturated heterocycles. The predicted octanol–water partition coefficient (Wildman–Crippen LogP) is 2.55. The number of carbonyl (C=O) groups is 2. The maximum absolute atomic E-state index is 12.7. The summed E-state index contributed by atoms with van der Waals surface area (Å²) in [5.41, 5.74) is 1.58. The number of likely N-dealkylation sites (tertiary alicyclic amines) is 1.